The van der Waals surface area contributed by atoms with Gasteiger partial charge in [-0.2, -0.15) is 12.7 Å². The van der Waals surface area contributed by atoms with Crippen LogP contribution in [0.4, 0.5) is 4.79 Å². The summed E-state index contributed by atoms with van der Waals surface area (Å²) in [5.74, 6) is -0.0187. The van der Waals surface area contributed by atoms with Gasteiger partial charge in [-0.3, -0.25) is 4.18 Å². The zero-order valence-electron chi connectivity index (χ0n) is 10.6. The number of amides is 1. The molecule has 0 aromatic heterocycles. The molecule has 0 saturated carbocycles. The van der Waals surface area contributed by atoms with Gasteiger partial charge in [0.25, 0.3) is 0 Å². The summed E-state index contributed by atoms with van der Waals surface area (Å²) in [6.07, 6.45) is -0.892. The summed E-state index contributed by atoms with van der Waals surface area (Å²) in [4.78, 5) is 11.9. The van der Waals surface area contributed by atoms with Crippen LogP contribution in [0.25, 0.3) is 0 Å². The minimum atomic E-state index is -4.03. The van der Waals surface area contributed by atoms with E-state index in [1.165, 1.54) is 0 Å². The van der Waals surface area contributed by atoms with Crippen LogP contribution in [-0.2, 0) is 24.0 Å². The monoisotopic (exact) mass is 279 g/mol. The van der Waals surface area contributed by atoms with Crippen LogP contribution in [0.3, 0.4) is 0 Å². The van der Waals surface area contributed by atoms with E-state index in [0.717, 1.165) is 0 Å². The van der Waals surface area contributed by atoms with Gasteiger partial charge in [0.2, 0.25) is 0 Å². The van der Waals surface area contributed by atoms with Crippen molar-refractivity contribution in [1.82, 2.24) is 4.31 Å². The Balaban J connectivity index is 2.17. The van der Waals surface area contributed by atoms with Crippen LogP contribution in [0, 0.1) is 5.92 Å². The fraction of sp³-hybridized carbons (Fsp3) is 0.900. The molecule has 1 amide bonds. The maximum Gasteiger partial charge on any atom is 0.426 e. The van der Waals surface area contributed by atoms with Crippen LogP contribution in [0.5, 0.6) is 0 Å². The zero-order valence-corrected chi connectivity index (χ0v) is 11.4. The molecule has 7 nitrogen and oxygen atoms in total. The van der Waals surface area contributed by atoms with E-state index in [1.807, 2.05) is 0 Å². The van der Waals surface area contributed by atoms with E-state index in [2.05, 4.69) is 0 Å². The molecule has 104 valence electrons. The van der Waals surface area contributed by atoms with Crippen molar-refractivity contribution in [3.8, 4) is 0 Å². The molecule has 2 rings (SSSR count). The number of rotatable bonds is 1. The maximum atomic E-state index is 11.9. The number of hydrogen-bond donors (Lipinski definition) is 0. The number of carbonyl (C=O) groups excluding carboxylic acids is 1. The SMILES string of the molecule is CC(C)(C)OC(=O)N1C(C2COC2)COS1(=O)=O. The standard InChI is InChI=1S/C10H17NO6S/c1-10(2,3)17-9(12)11-8(7-4-15-5-7)6-16-18(11,13)14/h7-8H,4-6H2,1-3H3. The number of ether oxygens (including phenoxy) is 2. The third-order valence-electron chi connectivity index (χ3n) is 2.71. The van der Waals surface area contributed by atoms with Crippen LogP contribution >= 0.6 is 0 Å². The highest BCUT2D eigenvalue weighted by Gasteiger charge is 2.49. The highest BCUT2D eigenvalue weighted by atomic mass is 32.2. The molecule has 0 bridgehead atoms. The Morgan fingerprint density at radius 1 is 1.28 bits per heavy atom. The van der Waals surface area contributed by atoms with Gasteiger partial charge >= 0.3 is 16.4 Å². The van der Waals surface area contributed by atoms with Gasteiger partial charge in [0.1, 0.15) is 5.60 Å². The minimum absolute atomic E-state index is 0.0187. The third-order valence-corrected chi connectivity index (χ3v) is 4.05. The molecule has 2 heterocycles. The molecule has 2 saturated heterocycles. The average molecular weight is 279 g/mol. The van der Waals surface area contributed by atoms with Crippen LogP contribution < -0.4 is 0 Å². The number of hydrogen-bond acceptors (Lipinski definition) is 6. The van der Waals surface area contributed by atoms with E-state index in [9.17, 15) is 13.2 Å². The fourth-order valence-corrected chi connectivity index (χ4v) is 2.99. The predicted molar refractivity (Wildman–Crippen MR) is 61.0 cm³/mol. The first-order valence-electron chi connectivity index (χ1n) is 5.70. The topological polar surface area (TPSA) is 82.1 Å². The lowest BCUT2D eigenvalue weighted by molar-refractivity contribution is -0.0628. The Labute approximate surface area is 106 Å². The van der Waals surface area contributed by atoms with Crippen molar-refractivity contribution in [2.75, 3.05) is 19.8 Å². The predicted octanol–water partition coefficient (Wildman–Crippen LogP) is 0.514. The van der Waals surface area contributed by atoms with Gasteiger partial charge in [-0.15, -0.1) is 0 Å². The van der Waals surface area contributed by atoms with E-state index < -0.39 is 28.0 Å². The molecule has 8 heteroatoms. The fourth-order valence-electron chi connectivity index (χ4n) is 1.78. The second-order valence-electron chi connectivity index (χ2n) is 5.38. The quantitative estimate of drug-likeness (QED) is 0.695. The third kappa shape index (κ3) is 2.60. The molecular weight excluding hydrogens is 262 g/mol. The van der Waals surface area contributed by atoms with Gasteiger partial charge in [0.05, 0.1) is 25.9 Å². The molecular formula is C10H17NO6S. The summed E-state index contributed by atoms with van der Waals surface area (Å²) in [6, 6.07) is -0.529. The lowest BCUT2D eigenvalue weighted by Crippen LogP contribution is -2.51. The molecule has 0 spiro atoms. The van der Waals surface area contributed by atoms with E-state index in [0.29, 0.717) is 17.5 Å². The second-order valence-corrected chi connectivity index (χ2v) is 6.87. The first-order chi connectivity index (χ1) is 8.21. The van der Waals surface area contributed by atoms with E-state index in [4.69, 9.17) is 13.7 Å². The molecule has 0 aromatic carbocycles. The smallest absolute Gasteiger partial charge is 0.426 e. The van der Waals surface area contributed by atoms with Gasteiger partial charge in [-0.25, -0.2) is 4.79 Å². The maximum absolute atomic E-state index is 11.9. The first kappa shape index (κ1) is 13.6. The Morgan fingerprint density at radius 2 is 1.89 bits per heavy atom. The van der Waals surface area contributed by atoms with Crippen LogP contribution in [-0.4, -0.2) is 50.3 Å². The molecule has 0 radical (unpaired) electrons. The van der Waals surface area contributed by atoms with Gasteiger partial charge in [-0.1, -0.05) is 0 Å². The van der Waals surface area contributed by atoms with Crippen molar-refractivity contribution in [2.45, 2.75) is 32.4 Å². The van der Waals surface area contributed by atoms with Gasteiger partial charge < -0.3 is 9.47 Å². The van der Waals surface area contributed by atoms with Crippen molar-refractivity contribution in [2.24, 2.45) is 5.92 Å². The Morgan fingerprint density at radius 3 is 2.33 bits per heavy atom. The second kappa shape index (κ2) is 4.36. The summed E-state index contributed by atoms with van der Waals surface area (Å²) >= 11 is 0. The Kier molecular flexibility index (Phi) is 3.28. The van der Waals surface area contributed by atoms with Crippen molar-refractivity contribution in [3.05, 3.63) is 0 Å². The molecule has 0 aliphatic carbocycles. The largest absolute Gasteiger partial charge is 0.443 e. The molecule has 1 atom stereocenters. The highest BCUT2D eigenvalue weighted by Crippen LogP contribution is 2.30. The van der Waals surface area contributed by atoms with Crippen LogP contribution in [0.15, 0.2) is 0 Å². The van der Waals surface area contributed by atoms with E-state index in [1.54, 1.807) is 20.8 Å². The molecule has 2 aliphatic heterocycles. The van der Waals surface area contributed by atoms with Crippen molar-refractivity contribution < 1.29 is 26.9 Å². The summed E-state index contributed by atoms with van der Waals surface area (Å²) in [7, 11) is -4.03. The van der Waals surface area contributed by atoms with Crippen LogP contribution in [0.2, 0.25) is 0 Å². The molecule has 0 aromatic rings. The summed E-state index contributed by atoms with van der Waals surface area (Å²) in [5.41, 5.74) is -0.754. The van der Waals surface area contributed by atoms with E-state index >= 15 is 0 Å². The van der Waals surface area contributed by atoms with E-state index in [-0.39, 0.29) is 12.5 Å². The lowest BCUT2D eigenvalue weighted by Gasteiger charge is -2.34. The van der Waals surface area contributed by atoms with Gasteiger partial charge in [0, 0.05) is 5.92 Å². The van der Waals surface area contributed by atoms with Crippen LogP contribution in [0.1, 0.15) is 20.8 Å². The summed E-state index contributed by atoms with van der Waals surface area (Å²) < 4.78 is 38.9. The Bertz CT molecular complexity index is 436. The number of nitrogens with zero attached hydrogens (tertiary/aromatic N) is 1. The first-order valence-corrected chi connectivity index (χ1v) is 7.07. The van der Waals surface area contributed by atoms with Crippen molar-refractivity contribution in [1.29, 1.82) is 0 Å². The Hall–Kier alpha value is -0.860. The molecule has 0 N–H and O–H groups in total. The lowest BCUT2D eigenvalue weighted by atomic mass is 9.99. The normalized spacial score (nSPS) is 27.9. The highest BCUT2D eigenvalue weighted by molar-refractivity contribution is 7.85. The molecule has 18 heavy (non-hydrogen) atoms. The molecule has 1 unspecified atom stereocenters. The van der Waals surface area contributed by atoms with Crippen molar-refractivity contribution in [3.63, 3.8) is 0 Å². The van der Waals surface area contributed by atoms with Gasteiger partial charge in [-0.05, 0) is 20.8 Å². The number of carbonyl (C=O) groups is 1. The molecule has 2 aliphatic rings. The minimum Gasteiger partial charge on any atom is -0.443 e. The molecule has 2 fully saturated rings. The van der Waals surface area contributed by atoms with Crippen molar-refractivity contribution >= 4 is 16.4 Å². The van der Waals surface area contributed by atoms with Gasteiger partial charge in [0.15, 0.2) is 0 Å². The summed E-state index contributed by atoms with van der Waals surface area (Å²) in [5, 5.41) is 0. The zero-order chi connectivity index (χ0) is 13.6. The summed E-state index contributed by atoms with van der Waals surface area (Å²) in [6.45, 7) is 5.86. The average Bonchev–Trinajstić information content (AvgIpc) is 2.35.